The number of fused-ring (bicyclic) bond motifs is 1. The van der Waals surface area contributed by atoms with E-state index in [4.69, 9.17) is 9.72 Å². The monoisotopic (exact) mass is 351 g/mol. The number of piperidine rings is 1. The molecule has 0 unspecified atom stereocenters. The van der Waals surface area contributed by atoms with Crippen molar-refractivity contribution in [2.45, 2.75) is 31.9 Å². The average molecular weight is 351 g/mol. The molecule has 136 valence electrons. The van der Waals surface area contributed by atoms with Crippen LogP contribution >= 0.6 is 0 Å². The number of likely N-dealkylation sites (tertiary alicyclic amines) is 1. The fourth-order valence-corrected chi connectivity index (χ4v) is 4.00. The minimum atomic E-state index is -0.383. The first-order valence-electron chi connectivity index (χ1n) is 9.12. The van der Waals surface area contributed by atoms with E-state index in [0.717, 1.165) is 47.9 Å². The van der Waals surface area contributed by atoms with Crippen LogP contribution in [-0.2, 0) is 6.54 Å². The molecule has 0 radical (unpaired) electrons. The molecule has 4 rings (SSSR count). The summed E-state index contributed by atoms with van der Waals surface area (Å²) in [7, 11) is 1.68. The maximum atomic E-state index is 10.7. The van der Waals surface area contributed by atoms with Crippen LogP contribution < -0.4 is 4.74 Å². The van der Waals surface area contributed by atoms with Crippen LogP contribution in [0.25, 0.3) is 5.52 Å². The molecule has 1 fully saturated rings. The number of methoxy groups -OCH3 is 1. The van der Waals surface area contributed by atoms with Gasteiger partial charge in [0.05, 0.1) is 24.4 Å². The normalized spacial score (nSPS) is 21.2. The van der Waals surface area contributed by atoms with Crippen molar-refractivity contribution in [2.75, 3.05) is 20.2 Å². The molecular formula is C21H25N3O2. The Morgan fingerprint density at radius 1 is 1.23 bits per heavy atom. The van der Waals surface area contributed by atoms with Crippen LogP contribution in [0.5, 0.6) is 5.75 Å². The number of hydrogen-bond acceptors (Lipinski definition) is 4. The summed E-state index contributed by atoms with van der Waals surface area (Å²) in [5, 5.41) is 10.7. The Balaban J connectivity index is 1.48. The third-order valence-corrected chi connectivity index (χ3v) is 5.36. The highest BCUT2D eigenvalue weighted by molar-refractivity contribution is 5.53. The number of aryl methyl sites for hydroxylation is 1. The lowest BCUT2D eigenvalue weighted by atomic mass is 9.87. The number of imidazole rings is 1. The van der Waals surface area contributed by atoms with Crippen LogP contribution in [0.15, 0.2) is 48.7 Å². The molecule has 3 aromatic rings. The first-order valence-corrected chi connectivity index (χ1v) is 9.12. The molecule has 5 heteroatoms. The molecular weight excluding hydrogens is 326 g/mol. The predicted octanol–water partition coefficient (Wildman–Crippen LogP) is 3.00. The van der Waals surface area contributed by atoms with Crippen LogP contribution in [0.3, 0.4) is 0 Å². The van der Waals surface area contributed by atoms with Gasteiger partial charge in [-0.3, -0.25) is 4.90 Å². The average Bonchev–Trinajstić information content (AvgIpc) is 2.98. The van der Waals surface area contributed by atoms with Crippen molar-refractivity contribution in [3.63, 3.8) is 0 Å². The Morgan fingerprint density at radius 2 is 2.12 bits per heavy atom. The lowest BCUT2D eigenvalue weighted by Crippen LogP contribution is -2.42. The zero-order valence-electron chi connectivity index (χ0n) is 15.3. The molecule has 0 bridgehead atoms. The maximum absolute atomic E-state index is 10.7. The van der Waals surface area contributed by atoms with Gasteiger partial charge in [0.2, 0.25) is 0 Å². The molecule has 1 aliphatic rings. The van der Waals surface area contributed by atoms with Gasteiger partial charge in [0.15, 0.2) is 0 Å². The van der Waals surface area contributed by atoms with E-state index in [-0.39, 0.29) is 12.0 Å². The third kappa shape index (κ3) is 3.20. The van der Waals surface area contributed by atoms with E-state index in [1.807, 2.05) is 43.5 Å². The summed E-state index contributed by atoms with van der Waals surface area (Å²) in [6.07, 6.45) is 2.59. The molecule has 0 amide bonds. The van der Waals surface area contributed by atoms with Crippen LogP contribution in [-0.4, -0.2) is 45.7 Å². The summed E-state index contributed by atoms with van der Waals surface area (Å²) in [5.74, 6) is 2.00. The third-order valence-electron chi connectivity index (χ3n) is 5.36. The predicted molar refractivity (Wildman–Crippen MR) is 102 cm³/mol. The lowest BCUT2D eigenvalue weighted by molar-refractivity contribution is 0.0473. The van der Waals surface area contributed by atoms with Crippen molar-refractivity contribution in [1.29, 1.82) is 0 Å². The number of aliphatic hydroxyl groups excluding tert-OH is 1. The van der Waals surface area contributed by atoms with Crippen molar-refractivity contribution in [1.82, 2.24) is 14.3 Å². The number of rotatable bonds is 4. The molecule has 26 heavy (non-hydrogen) atoms. The Morgan fingerprint density at radius 3 is 2.92 bits per heavy atom. The smallest absolute Gasteiger partial charge is 0.119 e. The Labute approximate surface area is 153 Å². The van der Waals surface area contributed by atoms with Crippen molar-refractivity contribution in [2.24, 2.45) is 0 Å². The topological polar surface area (TPSA) is 50.0 Å². The van der Waals surface area contributed by atoms with Crippen LogP contribution in [0.2, 0.25) is 0 Å². The highest BCUT2D eigenvalue weighted by Crippen LogP contribution is 2.31. The molecule has 0 aliphatic carbocycles. The van der Waals surface area contributed by atoms with E-state index in [1.54, 1.807) is 7.11 Å². The number of ether oxygens (including phenoxy) is 1. The SMILES string of the molecule is COc1cccc([C@@H]2CCN(Cc3nc(C)n4ccccc34)C[C@H]2O)c1. The minimum absolute atomic E-state index is 0.154. The number of aliphatic hydroxyl groups is 1. The van der Waals surface area contributed by atoms with Crippen LogP contribution in [0, 0.1) is 6.92 Å². The Hall–Kier alpha value is -2.37. The summed E-state index contributed by atoms with van der Waals surface area (Å²) in [6, 6.07) is 14.2. The summed E-state index contributed by atoms with van der Waals surface area (Å²) in [6.45, 7) is 4.40. The zero-order chi connectivity index (χ0) is 18.1. The lowest BCUT2D eigenvalue weighted by Gasteiger charge is -2.36. The molecule has 5 nitrogen and oxygen atoms in total. The number of aromatic nitrogens is 2. The van der Waals surface area contributed by atoms with E-state index in [0.29, 0.717) is 6.54 Å². The summed E-state index contributed by atoms with van der Waals surface area (Å²) in [5.41, 5.74) is 3.38. The van der Waals surface area contributed by atoms with E-state index >= 15 is 0 Å². The van der Waals surface area contributed by atoms with Gasteiger partial charge in [0.1, 0.15) is 11.6 Å². The number of benzene rings is 1. The molecule has 1 N–H and O–H groups in total. The highest BCUT2D eigenvalue weighted by Gasteiger charge is 2.29. The van der Waals surface area contributed by atoms with E-state index < -0.39 is 0 Å². The summed E-state index contributed by atoms with van der Waals surface area (Å²) in [4.78, 5) is 7.03. The molecule has 0 saturated carbocycles. The number of hydrogen-bond donors (Lipinski definition) is 1. The van der Waals surface area contributed by atoms with Gasteiger partial charge in [-0.15, -0.1) is 0 Å². The van der Waals surface area contributed by atoms with Gasteiger partial charge < -0.3 is 14.2 Å². The summed E-state index contributed by atoms with van der Waals surface area (Å²) < 4.78 is 7.44. The minimum Gasteiger partial charge on any atom is -0.497 e. The van der Waals surface area contributed by atoms with Crippen molar-refractivity contribution < 1.29 is 9.84 Å². The molecule has 2 atom stereocenters. The largest absolute Gasteiger partial charge is 0.497 e. The first-order chi connectivity index (χ1) is 12.7. The van der Waals surface area contributed by atoms with Gasteiger partial charge >= 0.3 is 0 Å². The molecule has 0 spiro atoms. The van der Waals surface area contributed by atoms with Gasteiger partial charge in [0.25, 0.3) is 0 Å². The molecule has 1 saturated heterocycles. The fourth-order valence-electron chi connectivity index (χ4n) is 4.00. The fraction of sp³-hybridized carbons (Fsp3) is 0.381. The van der Waals surface area contributed by atoms with E-state index in [9.17, 15) is 5.11 Å². The first kappa shape index (κ1) is 17.1. The van der Waals surface area contributed by atoms with Gasteiger partial charge in [-0.2, -0.15) is 0 Å². The Kier molecular flexibility index (Phi) is 4.66. The number of β-amino-alcohol motifs (C(OH)–C–C–N with tert-alkyl or cyclic N) is 1. The highest BCUT2D eigenvalue weighted by atomic mass is 16.5. The van der Waals surface area contributed by atoms with Crippen molar-refractivity contribution >= 4 is 5.52 Å². The van der Waals surface area contributed by atoms with Gasteiger partial charge in [0, 0.05) is 25.2 Å². The quantitative estimate of drug-likeness (QED) is 0.785. The Bertz CT molecular complexity index is 905. The second kappa shape index (κ2) is 7.09. The number of nitrogens with zero attached hydrogens (tertiary/aromatic N) is 3. The van der Waals surface area contributed by atoms with Crippen molar-refractivity contribution in [3.05, 3.63) is 65.7 Å². The van der Waals surface area contributed by atoms with Crippen LogP contribution in [0.1, 0.15) is 29.4 Å². The van der Waals surface area contributed by atoms with Gasteiger partial charge in [-0.1, -0.05) is 18.2 Å². The molecule has 1 aromatic carbocycles. The van der Waals surface area contributed by atoms with E-state index in [2.05, 4.69) is 21.4 Å². The van der Waals surface area contributed by atoms with E-state index in [1.165, 1.54) is 0 Å². The van der Waals surface area contributed by atoms with Gasteiger partial charge in [-0.25, -0.2) is 4.98 Å². The maximum Gasteiger partial charge on any atom is 0.119 e. The molecule has 2 aromatic heterocycles. The second-order valence-corrected chi connectivity index (χ2v) is 7.04. The second-order valence-electron chi connectivity index (χ2n) is 7.04. The zero-order valence-corrected chi connectivity index (χ0v) is 15.3. The van der Waals surface area contributed by atoms with Crippen molar-refractivity contribution in [3.8, 4) is 5.75 Å². The molecule has 1 aliphatic heterocycles. The van der Waals surface area contributed by atoms with Crippen LogP contribution in [0.4, 0.5) is 0 Å². The molecule has 3 heterocycles. The standard InChI is InChI=1S/C21H25N3O2/c1-15-22-19(20-8-3-4-10-24(15)20)13-23-11-9-18(21(25)14-23)16-6-5-7-17(12-16)26-2/h3-8,10,12,18,21,25H,9,11,13-14H2,1-2H3/t18-,21+/m0/s1. The summed E-state index contributed by atoms with van der Waals surface area (Å²) >= 11 is 0. The van der Waals surface area contributed by atoms with Gasteiger partial charge in [-0.05, 0) is 49.7 Å². The number of pyridine rings is 1.